The lowest BCUT2D eigenvalue weighted by molar-refractivity contribution is -0.142. The quantitative estimate of drug-likeness (QED) is 0.808. The van der Waals surface area contributed by atoms with E-state index in [0.29, 0.717) is 19.5 Å². The molecule has 20 heavy (non-hydrogen) atoms. The van der Waals surface area contributed by atoms with Crippen molar-refractivity contribution in [1.29, 1.82) is 0 Å². The molecule has 0 aromatic heterocycles. The van der Waals surface area contributed by atoms with Gasteiger partial charge in [-0.2, -0.15) is 0 Å². The number of carbonyl (C=O) groups excluding carboxylic acids is 2. The third kappa shape index (κ3) is 3.26. The summed E-state index contributed by atoms with van der Waals surface area (Å²) in [5, 5.41) is 11.4. The smallest absolute Gasteiger partial charge is 0.313 e. The predicted molar refractivity (Wildman–Crippen MR) is 71.8 cm³/mol. The maximum atomic E-state index is 13.5. The van der Waals surface area contributed by atoms with E-state index in [1.54, 1.807) is 0 Å². The summed E-state index contributed by atoms with van der Waals surface area (Å²) >= 11 is 5.60. The van der Waals surface area contributed by atoms with Crippen LogP contribution in [0.4, 0.5) is 10.1 Å². The van der Waals surface area contributed by atoms with Crippen LogP contribution in [0.1, 0.15) is 6.42 Å². The monoisotopic (exact) mass is 300 g/mol. The van der Waals surface area contributed by atoms with Crippen molar-refractivity contribution in [3.05, 3.63) is 29.0 Å². The van der Waals surface area contributed by atoms with Crippen LogP contribution in [-0.2, 0) is 9.59 Å². The molecular weight excluding hydrogens is 287 g/mol. The zero-order valence-corrected chi connectivity index (χ0v) is 11.4. The first-order chi connectivity index (χ1) is 9.51. The summed E-state index contributed by atoms with van der Waals surface area (Å²) in [4.78, 5) is 25.0. The standard InChI is InChI=1S/C13H14ClFN2O3/c14-9-1-2-11(10(15)5-9)16-12(19)13(20)17-4-3-8(6-17)7-18/h1-2,5,8,18H,3-4,6-7H2,(H,16,19). The minimum atomic E-state index is -0.898. The summed E-state index contributed by atoms with van der Waals surface area (Å²) in [6, 6.07) is 3.77. The van der Waals surface area contributed by atoms with Gasteiger partial charge in [0.25, 0.3) is 0 Å². The molecule has 1 aromatic rings. The third-order valence-electron chi connectivity index (χ3n) is 3.20. The Morgan fingerprint density at radius 1 is 1.50 bits per heavy atom. The van der Waals surface area contributed by atoms with Gasteiger partial charge in [0.2, 0.25) is 0 Å². The zero-order valence-electron chi connectivity index (χ0n) is 10.6. The van der Waals surface area contributed by atoms with Crippen LogP contribution >= 0.6 is 11.6 Å². The van der Waals surface area contributed by atoms with Crippen LogP contribution in [0.2, 0.25) is 5.02 Å². The van der Waals surface area contributed by atoms with Crippen LogP contribution in [0.25, 0.3) is 0 Å². The molecule has 1 unspecified atom stereocenters. The summed E-state index contributed by atoms with van der Waals surface area (Å²) in [5.74, 6) is -2.33. The SMILES string of the molecule is O=C(Nc1ccc(Cl)cc1F)C(=O)N1CCC(CO)C1. The molecule has 5 nitrogen and oxygen atoms in total. The van der Waals surface area contributed by atoms with Gasteiger partial charge in [-0.1, -0.05) is 11.6 Å². The van der Waals surface area contributed by atoms with E-state index < -0.39 is 17.6 Å². The molecule has 1 aliphatic rings. The predicted octanol–water partition coefficient (Wildman–Crippen LogP) is 1.26. The van der Waals surface area contributed by atoms with E-state index in [2.05, 4.69) is 5.32 Å². The molecule has 2 N–H and O–H groups in total. The molecule has 1 saturated heterocycles. The van der Waals surface area contributed by atoms with Crippen molar-refractivity contribution in [3.8, 4) is 0 Å². The Labute approximate surface area is 120 Å². The van der Waals surface area contributed by atoms with Gasteiger partial charge in [0.05, 0.1) is 5.69 Å². The van der Waals surface area contributed by atoms with Crippen LogP contribution in [-0.4, -0.2) is 41.5 Å². The van der Waals surface area contributed by atoms with E-state index in [1.165, 1.54) is 17.0 Å². The number of likely N-dealkylation sites (tertiary alicyclic amines) is 1. The molecule has 108 valence electrons. The highest BCUT2D eigenvalue weighted by Crippen LogP contribution is 2.20. The van der Waals surface area contributed by atoms with Gasteiger partial charge in [0.1, 0.15) is 5.82 Å². The Morgan fingerprint density at radius 2 is 2.25 bits per heavy atom. The second-order valence-electron chi connectivity index (χ2n) is 4.67. The van der Waals surface area contributed by atoms with Crippen LogP contribution in [0, 0.1) is 11.7 Å². The Bertz CT molecular complexity index is 538. The van der Waals surface area contributed by atoms with Gasteiger partial charge in [-0.25, -0.2) is 4.39 Å². The van der Waals surface area contributed by atoms with Crippen LogP contribution in [0.3, 0.4) is 0 Å². The topological polar surface area (TPSA) is 69.6 Å². The molecule has 0 aliphatic carbocycles. The molecule has 2 rings (SSSR count). The molecule has 2 amide bonds. The number of nitrogens with zero attached hydrogens (tertiary/aromatic N) is 1. The first-order valence-corrected chi connectivity index (χ1v) is 6.55. The Kier molecular flexibility index (Phi) is 4.57. The van der Waals surface area contributed by atoms with Crippen molar-refractivity contribution in [3.63, 3.8) is 0 Å². The first-order valence-electron chi connectivity index (χ1n) is 6.17. The maximum absolute atomic E-state index is 13.5. The van der Waals surface area contributed by atoms with Crippen molar-refractivity contribution in [2.24, 2.45) is 5.92 Å². The maximum Gasteiger partial charge on any atom is 0.313 e. The van der Waals surface area contributed by atoms with E-state index in [1.807, 2.05) is 0 Å². The second-order valence-corrected chi connectivity index (χ2v) is 5.10. The molecular formula is C13H14ClFN2O3. The number of hydrogen-bond donors (Lipinski definition) is 2. The summed E-state index contributed by atoms with van der Waals surface area (Å²) in [7, 11) is 0. The average molecular weight is 301 g/mol. The van der Waals surface area contributed by atoms with E-state index >= 15 is 0 Å². The number of aliphatic hydroxyl groups is 1. The second kappa shape index (κ2) is 6.19. The fourth-order valence-electron chi connectivity index (χ4n) is 2.08. The number of anilines is 1. The molecule has 0 spiro atoms. The van der Waals surface area contributed by atoms with Crippen LogP contribution in [0.5, 0.6) is 0 Å². The van der Waals surface area contributed by atoms with Gasteiger partial charge in [-0.05, 0) is 24.6 Å². The lowest BCUT2D eigenvalue weighted by Gasteiger charge is -2.15. The summed E-state index contributed by atoms with van der Waals surface area (Å²) in [6.45, 7) is 0.740. The van der Waals surface area contributed by atoms with Crippen molar-refractivity contribution < 1.29 is 19.1 Å². The summed E-state index contributed by atoms with van der Waals surface area (Å²) in [5.41, 5.74) is -0.0920. The van der Waals surface area contributed by atoms with Crippen molar-refractivity contribution in [1.82, 2.24) is 4.90 Å². The number of halogens is 2. The zero-order chi connectivity index (χ0) is 14.7. The van der Waals surface area contributed by atoms with E-state index in [4.69, 9.17) is 16.7 Å². The number of carbonyl (C=O) groups is 2. The lowest BCUT2D eigenvalue weighted by atomic mass is 10.1. The Balaban J connectivity index is 1.99. The minimum Gasteiger partial charge on any atom is -0.396 e. The van der Waals surface area contributed by atoms with Gasteiger partial charge in [0, 0.05) is 30.6 Å². The van der Waals surface area contributed by atoms with Crippen LogP contribution < -0.4 is 5.32 Å². The Morgan fingerprint density at radius 3 is 2.85 bits per heavy atom. The van der Waals surface area contributed by atoms with Gasteiger partial charge in [-0.15, -0.1) is 0 Å². The Hall–Kier alpha value is -1.66. The molecule has 1 aromatic carbocycles. The molecule has 1 heterocycles. The van der Waals surface area contributed by atoms with Gasteiger partial charge in [0.15, 0.2) is 0 Å². The number of amides is 2. The summed E-state index contributed by atoms with van der Waals surface area (Å²) < 4.78 is 13.5. The molecule has 0 radical (unpaired) electrons. The lowest BCUT2D eigenvalue weighted by Crippen LogP contribution is -2.38. The highest BCUT2D eigenvalue weighted by Gasteiger charge is 2.29. The molecule has 0 bridgehead atoms. The molecule has 1 aliphatic heterocycles. The van der Waals surface area contributed by atoms with Crippen molar-refractivity contribution in [2.45, 2.75) is 6.42 Å². The number of rotatable bonds is 2. The normalized spacial score (nSPS) is 18.1. The van der Waals surface area contributed by atoms with E-state index in [0.717, 1.165) is 6.07 Å². The molecule has 0 saturated carbocycles. The number of benzene rings is 1. The fraction of sp³-hybridized carbons (Fsp3) is 0.385. The van der Waals surface area contributed by atoms with Crippen molar-refractivity contribution >= 4 is 29.1 Å². The fourth-order valence-corrected chi connectivity index (χ4v) is 2.24. The number of hydrogen-bond acceptors (Lipinski definition) is 3. The molecule has 1 atom stereocenters. The first kappa shape index (κ1) is 14.7. The minimum absolute atomic E-state index is 0.000909. The average Bonchev–Trinajstić information content (AvgIpc) is 2.89. The largest absolute Gasteiger partial charge is 0.396 e. The number of aliphatic hydroxyl groups excluding tert-OH is 1. The molecule has 7 heteroatoms. The van der Waals surface area contributed by atoms with E-state index in [-0.39, 0.29) is 23.2 Å². The van der Waals surface area contributed by atoms with Gasteiger partial charge in [-0.3, -0.25) is 9.59 Å². The van der Waals surface area contributed by atoms with Gasteiger partial charge < -0.3 is 15.3 Å². The van der Waals surface area contributed by atoms with Gasteiger partial charge >= 0.3 is 11.8 Å². The van der Waals surface area contributed by atoms with Crippen molar-refractivity contribution in [2.75, 3.05) is 25.0 Å². The summed E-state index contributed by atoms with van der Waals surface area (Å²) in [6.07, 6.45) is 0.658. The van der Waals surface area contributed by atoms with Crippen LogP contribution in [0.15, 0.2) is 18.2 Å². The number of nitrogens with one attached hydrogen (secondary N) is 1. The third-order valence-corrected chi connectivity index (χ3v) is 3.44. The molecule has 1 fully saturated rings. The highest BCUT2D eigenvalue weighted by molar-refractivity contribution is 6.39. The highest BCUT2D eigenvalue weighted by atomic mass is 35.5. The van der Waals surface area contributed by atoms with E-state index in [9.17, 15) is 14.0 Å².